The summed E-state index contributed by atoms with van der Waals surface area (Å²) in [4.78, 5) is 10.4. The van der Waals surface area contributed by atoms with Crippen LogP contribution in [0.1, 0.15) is 12.8 Å². The predicted molar refractivity (Wildman–Crippen MR) is 37.4 cm³/mol. The normalized spacial score (nSPS) is 30.6. The van der Waals surface area contributed by atoms with E-state index in [9.17, 15) is 4.79 Å². The summed E-state index contributed by atoms with van der Waals surface area (Å²) in [5.74, 6) is -0.872. The molecule has 0 aromatic rings. The number of carboxylic acid groups (broad SMARTS) is 1. The quantitative estimate of drug-likeness (QED) is 0.643. The molecule has 1 heterocycles. The Hall–Kier alpha value is -0.610. The molecule has 0 radical (unpaired) electrons. The lowest BCUT2D eigenvalue weighted by Crippen LogP contribution is -2.22. The lowest BCUT2D eigenvalue weighted by atomic mass is 10.2. The molecule has 1 aliphatic rings. The van der Waals surface area contributed by atoms with Gasteiger partial charge in [-0.25, -0.2) is 4.79 Å². The number of carboxylic acids is 1. The number of ether oxygens (including phenoxy) is 2. The second kappa shape index (κ2) is 3.69. The Balaban J connectivity index is 2.29. The highest BCUT2D eigenvalue weighted by atomic mass is 16.6. The zero-order valence-electron chi connectivity index (χ0n) is 6.45. The van der Waals surface area contributed by atoms with Crippen LogP contribution >= 0.6 is 0 Å². The minimum Gasteiger partial charge on any atom is -0.479 e. The molecule has 1 fully saturated rings. The van der Waals surface area contributed by atoms with Crippen LogP contribution in [0.5, 0.6) is 0 Å². The van der Waals surface area contributed by atoms with Crippen molar-refractivity contribution in [3.63, 3.8) is 0 Å². The van der Waals surface area contributed by atoms with Crippen molar-refractivity contribution in [1.29, 1.82) is 0 Å². The van der Waals surface area contributed by atoms with Crippen molar-refractivity contribution in [2.24, 2.45) is 0 Å². The number of rotatable bonds is 3. The van der Waals surface area contributed by atoms with Gasteiger partial charge in [0.2, 0.25) is 0 Å². The Kier molecular flexibility index (Phi) is 2.84. The molecule has 11 heavy (non-hydrogen) atoms. The van der Waals surface area contributed by atoms with E-state index in [0.717, 1.165) is 6.42 Å². The molecule has 0 saturated carbocycles. The summed E-state index contributed by atoms with van der Waals surface area (Å²) < 4.78 is 9.97. The topological polar surface area (TPSA) is 55.8 Å². The van der Waals surface area contributed by atoms with Gasteiger partial charge in [-0.2, -0.15) is 0 Å². The zero-order valence-corrected chi connectivity index (χ0v) is 6.45. The van der Waals surface area contributed by atoms with Crippen LogP contribution < -0.4 is 0 Å². The van der Waals surface area contributed by atoms with Crippen molar-refractivity contribution in [3.8, 4) is 0 Å². The summed E-state index contributed by atoms with van der Waals surface area (Å²) >= 11 is 0. The van der Waals surface area contributed by atoms with Crippen LogP contribution in [-0.2, 0) is 14.3 Å². The van der Waals surface area contributed by atoms with E-state index < -0.39 is 12.1 Å². The van der Waals surface area contributed by atoms with Gasteiger partial charge in [-0.1, -0.05) is 0 Å². The van der Waals surface area contributed by atoms with Crippen LogP contribution in [-0.4, -0.2) is 37.0 Å². The predicted octanol–water partition coefficient (Wildman–Crippen LogP) is 0.265. The smallest absolute Gasteiger partial charge is 0.332 e. The molecule has 2 atom stereocenters. The third-order valence-corrected chi connectivity index (χ3v) is 1.74. The average Bonchev–Trinajstić information content (AvgIpc) is 2.37. The van der Waals surface area contributed by atoms with E-state index >= 15 is 0 Å². The second-order valence-electron chi connectivity index (χ2n) is 2.62. The molecular weight excluding hydrogens is 148 g/mol. The van der Waals surface area contributed by atoms with Crippen LogP contribution in [0.2, 0.25) is 0 Å². The summed E-state index contributed by atoms with van der Waals surface area (Å²) in [6.45, 7) is 0.490. The molecule has 1 N–H and O–H groups in total. The van der Waals surface area contributed by atoms with E-state index in [4.69, 9.17) is 14.6 Å². The second-order valence-corrected chi connectivity index (χ2v) is 2.62. The fourth-order valence-electron chi connectivity index (χ4n) is 1.20. The van der Waals surface area contributed by atoms with Crippen LogP contribution in [0.3, 0.4) is 0 Å². The molecule has 0 bridgehead atoms. The van der Waals surface area contributed by atoms with Crippen LogP contribution in [0, 0.1) is 0 Å². The van der Waals surface area contributed by atoms with Gasteiger partial charge >= 0.3 is 5.97 Å². The Morgan fingerprint density at radius 1 is 1.73 bits per heavy atom. The van der Waals surface area contributed by atoms with Gasteiger partial charge in [0.1, 0.15) is 0 Å². The first-order valence-electron chi connectivity index (χ1n) is 3.61. The Labute approximate surface area is 65.1 Å². The molecule has 1 rings (SSSR count). The highest BCUT2D eigenvalue weighted by Crippen LogP contribution is 2.19. The van der Waals surface area contributed by atoms with Crippen LogP contribution in [0.15, 0.2) is 0 Å². The fourth-order valence-corrected chi connectivity index (χ4v) is 1.20. The number of hydrogen-bond donors (Lipinski definition) is 1. The van der Waals surface area contributed by atoms with Crippen molar-refractivity contribution < 1.29 is 19.4 Å². The van der Waals surface area contributed by atoms with E-state index in [-0.39, 0.29) is 6.10 Å². The van der Waals surface area contributed by atoms with E-state index in [1.807, 2.05) is 0 Å². The molecule has 0 aromatic carbocycles. The number of hydrogen-bond acceptors (Lipinski definition) is 3. The van der Waals surface area contributed by atoms with Gasteiger partial charge in [-0.3, -0.25) is 0 Å². The largest absolute Gasteiger partial charge is 0.479 e. The molecule has 1 saturated heterocycles. The maximum atomic E-state index is 10.4. The van der Waals surface area contributed by atoms with Gasteiger partial charge in [0.15, 0.2) is 6.10 Å². The molecule has 4 heteroatoms. The van der Waals surface area contributed by atoms with Crippen molar-refractivity contribution in [2.75, 3.05) is 13.7 Å². The molecule has 0 amide bonds. The van der Waals surface area contributed by atoms with Crippen LogP contribution in [0.25, 0.3) is 0 Å². The molecule has 0 spiro atoms. The van der Waals surface area contributed by atoms with Crippen molar-refractivity contribution in [3.05, 3.63) is 0 Å². The summed E-state index contributed by atoms with van der Waals surface area (Å²) in [6.07, 6.45) is 0.741. The van der Waals surface area contributed by atoms with E-state index in [1.54, 1.807) is 7.11 Å². The monoisotopic (exact) mass is 160 g/mol. The molecule has 4 nitrogen and oxygen atoms in total. The number of carbonyl (C=O) groups is 1. The lowest BCUT2D eigenvalue weighted by Gasteiger charge is -2.08. The van der Waals surface area contributed by atoms with E-state index in [2.05, 4.69) is 0 Å². The van der Waals surface area contributed by atoms with Gasteiger partial charge in [0, 0.05) is 7.11 Å². The van der Waals surface area contributed by atoms with Gasteiger partial charge < -0.3 is 14.6 Å². The molecule has 0 aromatic heterocycles. The molecule has 1 aliphatic heterocycles. The van der Waals surface area contributed by atoms with Crippen molar-refractivity contribution in [1.82, 2.24) is 0 Å². The minimum atomic E-state index is -0.872. The minimum absolute atomic E-state index is 0.0268. The lowest BCUT2D eigenvalue weighted by molar-refractivity contribution is -0.150. The molecule has 0 unspecified atom stereocenters. The fraction of sp³-hybridized carbons (Fsp3) is 0.857. The highest BCUT2D eigenvalue weighted by molar-refractivity contribution is 5.72. The summed E-state index contributed by atoms with van der Waals surface area (Å²) in [7, 11) is 1.58. The zero-order chi connectivity index (χ0) is 8.27. The third-order valence-electron chi connectivity index (χ3n) is 1.74. The van der Waals surface area contributed by atoms with Gasteiger partial charge in [0.05, 0.1) is 12.7 Å². The van der Waals surface area contributed by atoms with E-state index in [0.29, 0.717) is 13.0 Å². The maximum absolute atomic E-state index is 10.4. The third kappa shape index (κ3) is 2.17. The summed E-state index contributed by atoms with van der Waals surface area (Å²) in [5.41, 5.74) is 0. The van der Waals surface area contributed by atoms with Crippen molar-refractivity contribution >= 4 is 5.97 Å². The van der Waals surface area contributed by atoms with Gasteiger partial charge in [-0.15, -0.1) is 0 Å². The van der Waals surface area contributed by atoms with Gasteiger partial charge in [0.25, 0.3) is 0 Å². The average molecular weight is 160 g/mol. The van der Waals surface area contributed by atoms with Gasteiger partial charge in [-0.05, 0) is 12.8 Å². The first-order chi connectivity index (χ1) is 5.24. The first kappa shape index (κ1) is 8.49. The van der Waals surface area contributed by atoms with Crippen LogP contribution in [0.4, 0.5) is 0 Å². The van der Waals surface area contributed by atoms with Crippen molar-refractivity contribution in [2.45, 2.75) is 25.0 Å². The Morgan fingerprint density at radius 2 is 2.45 bits per heavy atom. The van der Waals surface area contributed by atoms with E-state index in [1.165, 1.54) is 0 Å². The molecule has 0 aliphatic carbocycles. The number of aliphatic carboxylic acids is 1. The first-order valence-corrected chi connectivity index (χ1v) is 3.61. The summed E-state index contributed by atoms with van der Waals surface area (Å²) in [5, 5.41) is 8.53. The number of methoxy groups -OCH3 is 1. The SMILES string of the molecule is COC[C@H]1CC[C@H](C(=O)O)O1. The maximum Gasteiger partial charge on any atom is 0.332 e. The molecular formula is C7H12O4. The standard InChI is InChI=1S/C7H12O4/c1-10-4-5-2-3-6(11-5)7(8)9/h5-6H,2-4H2,1H3,(H,8,9)/t5-,6-/m1/s1. The highest BCUT2D eigenvalue weighted by Gasteiger charge is 2.29. The Bertz CT molecular complexity index is 145. The Morgan fingerprint density at radius 3 is 2.91 bits per heavy atom. The summed E-state index contributed by atoms with van der Waals surface area (Å²) in [6, 6.07) is 0. The molecule has 64 valence electrons.